The maximum Gasteiger partial charge on any atom is 0.252 e. The van der Waals surface area contributed by atoms with Crippen molar-refractivity contribution in [3.8, 4) is 11.5 Å². The molecule has 6 heteroatoms. The van der Waals surface area contributed by atoms with Crippen molar-refractivity contribution in [3.63, 3.8) is 0 Å². The first kappa shape index (κ1) is 22.1. The van der Waals surface area contributed by atoms with Gasteiger partial charge in [0.05, 0.1) is 24.4 Å². The number of aromatic nitrogens is 1. The van der Waals surface area contributed by atoms with E-state index in [-0.39, 0.29) is 11.9 Å². The van der Waals surface area contributed by atoms with E-state index < -0.39 is 0 Å². The summed E-state index contributed by atoms with van der Waals surface area (Å²) in [5.74, 6) is 2.01. The second-order valence-corrected chi connectivity index (χ2v) is 7.71. The highest BCUT2D eigenvalue weighted by molar-refractivity contribution is 5.94. The Morgan fingerprint density at radius 3 is 2.15 bits per heavy atom. The van der Waals surface area contributed by atoms with Crippen LogP contribution in [0.4, 0.5) is 0 Å². The largest absolute Gasteiger partial charge is 0.497 e. The third kappa shape index (κ3) is 5.23. The standard InChI is InChI=1S/C27H26N2O4/c1-18-25(19(2)33-29-18)17-32-24-15-11-22(12-16-24)27(30)28-26(20-7-5-4-6-8-20)21-9-13-23(31-3)14-10-21/h4-16,26H,17H2,1-3H3,(H,28,30)/t26-/m1/s1. The van der Waals surface area contributed by atoms with Gasteiger partial charge in [-0.05, 0) is 61.4 Å². The molecule has 4 aromatic rings. The van der Waals surface area contributed by atoms with Gasteiger partial charge in [0.15, 0.2) is 0 Å². The predicted octanol–water partition coefficient (Wildman–Crippen LogP) is 5.40. The molecule has 1 atom stereocenters. The molecule has 0 aliphatic carbocycles. The summed E-state index contributed by atoms with van der Waals surface area (Å²) in [7, 11) is 1.63. The lowest BCUT2D eigenvalue weighted by Crippen LogP contribution is -2.29. The van der Waals surface area contributed by atoms with Gasteiger partial charge in [0.2, 0.25) is 0 Å². The van der Waals surface area contributed by atoms with Crippen LogP contribution in [0.5, 0.6) is 11.5 Å². The number of nitrogens with one attached hydrogen (secondary N) is 1. The van der Waals surface area contributed by atoms with Crippen LogP contribution in [-0.4, -0.2) is 18.2 Å². The average Bonchev–Trinajstić information content (AvgIpc) is 3.19. The molecule has 0 aliphatic rings. The zero-order chi connectivity index (χ0) is 23.2. The maximum atomic E-state index is 13.1. The SMILES string of the molecule is COc1ccc([C@H](NC(=O)c2ccc(OCc3c(C)noc3C)cc2)c2ccccc2)cc1. The molecule has 0 spiro atoms. The molecule has 0 unspecified atom stereocenters. The number of benzene rings is 3. The van der Waals surface area contributed by atoms with Crippen LogP contribution < -0.4 is 14.8 Å². The van der Waals surface area contributed by atoms with Crippen molar-refractivity contribution in [2.45, 2.75) is 26.5 Å². The number of methoxy groups -OCH3 is 1. The first-order valence-corrected chi connectivity index (χ1v) is 10.7. The summed E-state index contributed by atoms with van der Waals surface area (Å²) in [5.41, 5.74) is 4.26. The minimum absolute atomic E-state index is 0.169. The predicted molar refractivity (Wildman–Crippen MR) is 125 cm³/mol. The molecule has 6 nitrogen and oxygen atoms in total. The summed E-state index contributed by atoms with van der Waals surface area (Å²) >= 11 is 0. The van der Waals surface area contributed by atoms with Crippen LogP contribution in [-0.2, 0) is 6.61 Å². The molecule has 0 saturated carbocycles. The van der Waals surface area contributed by atoms with Crippen molar-refractivity contribution >= 4 is 5.91 Å². The number of carbonyl (C=O) groups excluding carboxylic acids is 1. The summed E-state index contributed by atoms with van der Waals surface area (Å²) in [6.45, 7) is 4.10. The van der Waals surface area contributed by atoms with E-state index >= 15 is 0 Å². The molecular formula is C27H26N2O4. The average molecular weight is 443 g/mol. The zero-order valence-electron chi connectivity index (χ0n) is 18.9. The lowest BCUT2D eigenvalue weighted by Gasteiger charge is -2.20. The molecule has 0 bridgehead atoms. The van der Waals surface area contributed by atoms with E-state index in [4.69, 9.17) is 14.0 Å². The minimum Gasteiger partial charge on any atom is -0.497 e. The van der Waals surface area contributed by atoms with Gasteiger partial charge in [0.25, 0.3) is 5.91 Å². The number of hydrogen-bond donors (Lipinski definition) is 1. The van der Waals surface area contributed by atoms with Gasteiger partial charge in [-0.3, -0.25) is 4.79 Å². The fourth-order valence-corrected chi connectivity index (χ4v) is 3.58. The van der Waals surface area contributed by atoms with E-state index in [1.165, 1.54) is 0 Å². The van der Waals surface area contributed by atoms with Crippen LogP contribution in [0.25, 0.3) is 0 Å². The maximum absolute atomic E-state index is 13.1. The lowest BCUT2D eigenvalue weighted by atomic mass is 9.98. The van der Waals surface area contributed by atoms with Gasteiger partial charge in [-0.1, -0.05) is 47.6 Å². The van der Waals surface area contributed by atoms with Crippen LogP contribution in [0.15, 0.2) is 83.4 Å². The monoisotopic (exact) mass is 442 g/mol. The highest BCUT2D eigenvalue weighted by Crippen LogP contribution is 2.25. The molecule has 0 radical (unpaired) electrons. The van der Waals surface area contributed by atoms with Crippen molar-refractivity contribution < 1.29 is 18.8 Å². The van der Waals surface area contributed by atoms with Gasteiger partial charge in [-0.25, -0.2) is 0 Å². The summed E-state index contributed by atoms with van der Waals surface area (Å²) in [4.78, 5) is 13.1. The molecule has 0 saturated heterocycles. The number of amides is 1. The van der Waals surface area contributed by atoms with Crippen LogP contribution in [0, 0.1) is 13.8 Å². The van der Waals surface area contributed by atoms with Gasteiger partial charge in [-0.2, -0.15) is 0 Å². The number of carbonyl (C=O) groups is 1. The van der Waals surface area contributed by atoms with E-state index in [2.05, 4.69) is 10.5 Å². The molecule has 1 heterocycles. The molecule has 3 aromatic carbocycles. The highest BCUT2D eigenvalue weighted by atomic mass is 16.5. The summed E-state index contributed by atoms with van der Waals surface area (Å²) in [5, 5.41) is 7.09. The number of hydrogen-bond acceptors (Lipinski definition) is 5. The molecule has 1 N–H and O–H groups in total. The zero-order valence-corrected chi connectivity index (χ0v) is 18.9. The van der Waals surface area contributed by atoms with Crippen molar-refractivity contribution in [1.82, 2.24) is 10.5 Å². The molecule has 168 valence electrons. The van der Waals surface area contributed by atoms with Crippen molar-refractivity contribution in [3.05, 3.63) is 113 Å². The topological polar surface area (TPSA) is 73.6 Å². The highest BCUT2D eigenvalue weighted by Gasteiger charge is 2.18. The smallest absolute Gasteiger partial charge is 0.252 e. The quantitative estimate of drug-likeness (QED) is 0.396. The Labute approximate surface area is 193 Å². The van der Waals surface area contributed by atoms with Crippen molar-refractivity contribution in [1.29, 1.82) is 0 Å². The second kappa shape index (κ2) is 10.0. The Morgan fingerprint density at radius 2 is 1.55 bits per heavy atom. The van der Waals surface area contributed by atoms with Crippen molar-refractivity contribution in [2.75, 3.05) is 7.11 Å². The Kier molecular flexibility index (Phi) is 6.74. The normalized spacial score (nSPS) is 11.6. The second-order valence-electron chi connectivity index (χ2n) is 7.71. The third-order valence-electron chi connectivity index (χ3n) is 5.54. The number of aryl methyl sites for hydroxylation is 2. The molecule has 1 aromatic heterocycles. The van der Waals surface area contributed by atoms with Gasteiger partial charge in [0, 0.05) is 5.56 Å². The first-order chi connectivity index (χ1) is 16.0. The fourth-order valence-electron chi connectivity index (χ4n) is 3.58. The van der Waals surface area contributed by atoms with Crippen LogP contribution >= 0.6 is 0 Å². The molecule has 33 heavy (non-hydrogen) atoms. The van der Waals surface area contributed by atoms with Gasteiger partial charge >= 0.3 is 0 Å². The molecule has 0 aliphatic heterocycles. The van der Waals surface area contributed by atoms with Crippen LogP contribution in [0.2, 0.25) is 0 Å². The fraction of sp³-hybridized carbons (Fsp3) is 0.185. The van der Waals surface area contributed by atoms with E-state index in [1.54, 1.807) is 31.4 Å². The van der Waals surface area contributed by atoms with Crippen LogP contribution in [0.1, 0.15) is 44.5 Å². The third-order valence-corrected chi connectivity index (χ3v) is 5.54. The Morgan fingerprint density at radius 1 is 0.909 bits per heavy atom. The summed E-state index contributed by atoms with van der Waals surface area (Å²) in [6.07, 6.45) is 0. The van der Waals surface area contributed by atoms with E-state index in [0.717, 1.165) is 33.9 Å². The molecule has 0 fully saturated rings. The van der Waals surface area contributed by atoms with Crippen LogP contribution in [0.3, 0.4) is 0 Å². The Bertz CT molecular complexity index is 1180. The Hall–Kier alpha value is -4.06. The van der Waals surface area contributed by atoms with E-state index in [0.29, 0.717) is 17.9 Å². The van der Waals surface area contributed by atoms with Gasteiger partial charge in [-0.15, -0.1) is 0 Å². The molecule has 1 amide bonds. The molecular weight excluding hydrogens is 416 g/mol. The molecule has 4 rings (SSSR count). The Balaban J connectivity index is 1.48. The summed E-state index contributed by atoms with van der Waals surface area (Å²) in [6, 6.07) is 24.4. The van der Waals surface area contributed by atoms with E-state index in [9.17, 15) is 4.79 Å². The van der Waals surface area contributed by atoms with E-state index in [1.807, 2.05) is 68.4 Å². The number of rotatable bonds is 8. The summed E-state index contributed by atoms with van der Waals surface area (Å²) < 4.78 is 16.3. The first-order valence-electron chi connectivity index (χ1n) is 10.7. The van der Waals surface area contributed by atoms with Crippen molar-refractivity contribution in [2.24, 2.45) is 0 Å². The number of nitrogens with zero attached hydrogens (tertiary/aromatic N) is 1. The van der Waals surface area contributed by atoms with Gasteiger partial charge in [0.1, 0.15) is 23.9 Å². The van der Waals surface area contributed by atoms with Gasteiger partial charge < -0.3 is 19.3 Å². The number of ether oxygens (including phenoxy) is 2. The minimum atomic E-state index is -0.292. The lowest BCUT2D eigenvalue weighted by molar-refractivity contribution is 0.0943.